The Kier molecular flexibility index (Phi) is 3.03. The van der Waals surface area contributed by atoms with E-state index in [2.05, 4.69) is 52.4 Å². The van der Waals surface area contributed by atoms with E-state index in [0.29, 0.717) is 0 Å². The van der Waals surface area contributed by atoms with Crippen LogP contribution in [0.25, 0.3) is 0 Å². The maximum absolute atomic E-state index is 2.66. The summed E-state index contributed by atoms with van der Waals surface area (Å²) in [6, 6.07) is 11.0. The lowest BCUT2D eigenvalue weighted by Crippen LogP contribution is -1.86. The average molecular weight is 290 g/mol. The van der Waals surface area contributed by atoms with Gasteiger partial charge in [0.2, 0.25) is 0 Å². The highest BCUT2D eigenvalue weighted by Gasteiger charge is 2.25. The van der Waals surface area contributed by atoms with Crippen LogP contribution in [0.1, 0.15) is 24.1 Å². The molecule has 1 aliphatic heterocycles. The molecule has 2 atom stereocenters. The van der Waals surface area contributed by atoms with Crippen molar-refractivity contribution in [2.75, 3.05) is 6.16 Å². The van der Waals surface area contributed by atoms with Crippen molar-refractivity contribution >= 4 is 27.6 Å². The van der Waals surface area contributed by atoms with Crippen LogP contribution < -0.4 is 0 Å². The van der Waals surface area contributed by atoms with E-state index in [9.17, 15) is 0 Å². The van der Waals surface area contributed by atoms with Gasteiger partial charge < -0.3 is 0 Å². The molecule has 0 spiro atoms. The summed E-state index contributed by atoms with van der Waals surface area (Å²) in [7, 11) is 0. The molecule has 1 heterocycles. The molecule has 2 rings (SSSR count). The fourth-order valence-corrected chi connectivity index (χ4v) is 6.31. The van der Waals surface area contributed by atoms with Crippen molar-refractivity contribution in [2.45, 2.75) is 18.5 Å². The van der Waals surface area contributed by atoms with Crippen LogP contribution in [0.5, 0.6) is 0 Å². The van der Waals surface area contributed by atoms with Crippen molar-refractivity contribution in [3.8, 4) is 0 Å². The third-order valence-electron chi connectivity index (χ3n) is 2.37. The molecule has 64 valence electrons. The largest absolute Gasteiger partial charge is 0.0622 e. The number of rotatable bonds is 1. The Hall–Kier alpha value is 0.380. The van der Waals surface area contributed by atoms with Gasteiger partial charge in [-0.1, -0.05) is 52.4 Å². The van der Waals surface area contributed by atoms with Crippen LogP contribution in [0.3, 0.4) is 0 Å². The molecule has 1 unspecified atom stereocenters. The van der Waals surface area contributed by atoms with Gasteiger partial charge in [0.1, 0.15) is 0 Å². The van der Waals surface area contributed by atoms with E-state index in [0.717, 1.165) is 5.66 Å². The Morgan fingerprint density at radius 1 is 1.25 bits per heavy atom. The lowest BCUT2D eigenvalue weighted by atomic mass is 10.1. The summed E-state index contributed by atoms with van der Waals surface area (Å²) in [6.45, 7) is 0. The summed E-state index contributed by atoms with van der Waals surface area (Å²) < 4.78 is 0. The molecule has 12 heavy (non-hydrogen) atoms. The topological polar surface area (TPSA) is 0 Å². The summed E-state index contributed by atoms with van der Waals surface area (Å²) >= 11 is 2.66. The van der Waals surface area contributed by atoms with Crippen LogP contribution in [0, 0.1) is 0 Å². The zero-order valence-corrected chi connectivity index (χ0v) is 9.96. The molecule has 0 aliphatic carbocycles. The van der Waals surface area contributed by atoms with Crippen molar-refractivity contribution < 1.29 is 0 Å². The van der Waals surface area contributed by atoms with Gasteiger partial charge in [-0.3, -0.25) is 0 Å². The number of halogens is 1. The zero-order valence-electron chi connectivity index (χ0n) is 6.91. The van der Waals surface area contributed by atoms with Crippen LogP contribution in [0.4, 0.5) is 0 Å². The molecule has 0 radical (unpaired) electrons. The van der Waals surface area contributed by atoms with Gasteiger partial charge in [-0.2, -0.15) is 0 Å². The molecule has 0 aromatic heterocycles. The number of benzene rings is 1. The molecule has 1 aliphatic rings. The van der Waals surface area contributed by atoms with E-state index in [1.54, 1.807) is 5.56 Å². The zero-order chi connectivity index (χ0) is 8.39. The summed E-state index contributed by atoms with van der Waals surface area (Å²) in [6.07, 6.45) is 4.32. The maximum Gasteiger partial charge on any atom is 0.0132 e. The van der Waals surface area contributed by atoms with Crippen LogP contribution in [-0.4, -0.2) is 6.16 Å². The van der Waals surface area contributed by atoms with Crippen LogP contribution in [0.15, 0.2) is 30.3 Å². The number of hydrogen-bond acceptors (Lipinski definition) is 0. The van der Waals surface area contributed by atoms with Crippen LogP contribution in [-0.2, 0) is 0 Å². The van der Waals surface area contributed by atoms with Crippen molar-refractivity contribution in [1.82, 2.24) is 0 Å². The summed E-state index contributed by atoms with van der Waals surface area (Å²) in [5, 5.41) is 0. The second kappa shape index (κ2) is 4.06. The number of hydrogen-bond donors (Lipinski definition) is 0. The third-order valence-corrected chi connectivity index (χ3v) is 7.81. The summed E-state index contributed by atoms with van der Waals surface area (Å²) in [5.41, 5.74) is 2.72. The highest BCUT2D eigenvalue weighted by molar-refractivity contribution is 14.2. The normalized spacial score (nSPS) is 29.1. The third kappa shape index (κ3) is 1.82. The molecule has 0 bridgehead atoms. The molecule has 1 aromatic carbocycles. The first-order chi connectivity index (χ1) is 5.88. The quantitative estimate of drug-likeness (QED) is 0.532. The Bertz CT molecular complexity index is 247. The molecule has 0 N–H and O–H groups in total. The Balaban J connectivity index is 2.19. The molecular formula is C10H12IP. The van der Waals surface area contributed by atoms with Gasteiger partial charge in [-0.05, 0) is 30.1 Å². The van der Waals surface area contributed by atoms with Gasteiger partial charge >= 0.3 is 0 Å². The van der Waals surface area contributed by atoms with Crippen molar-refractivity contribution in [1.29, 1.82) is 0 Å². The molecule has 1 saturated heterocycles. The second-order valence-electron chi connectivity index (χ2n) is 3.19. The van der Waals surface area contributed by atoms with Crippen LogP contribution >= 0.6 is 27.6 Å². The molecule has 2 heteroatoms. The standard InChI is InChI=1S/C10H12IP/c11-12-8-4-7-10(12)9-5-2-1-3-6-9/h1-3,5-6,10H,4,7-8H2/t10-,12?/m0/s1. The molecule has 1 fully saturated rings. The minimum Gasteiger partial charge on any atom is -0.0622 e. The molecule has 0 nitrogen and oxygen atoms in total. The Labute approximate surface area is 88.0 Å². The highest BCUT2D eigenvalue weighted by Crippen LogP contribution is 2.64. The average Bonchev–Trinajstić information content (AvgIpc) is 2.53. The first-order valence-corrected chi connectivity index (χ1v) is 8.73. The lowest BCUT2D eigenvalue weighted by molar-refractivity contribution is 0.828. The summed E-state index contributed by atoms with van der Waals surface area (Å²) in [5.74, 6) is 0. The van der Waals surface area contributed by atoms with E-state index in [4.69, 9.17) is 0 Å². The van der Waals surface area contributed by atoms with E-state index < -0.39 is 0 Å². The highest BCUT2D eigenvalue weighted by atomic mass is 127. The van der Waals surface area contributed by atoms with Gasteiger partial charge in [-0.25, -0.2) is 0 Å². The van der Waals surface area contributed by atoms with Crippen LogP contribution in [0.2, 0.25) is 0 Å². The Morgan fingerprint density at radius 2 is 2.00 bits per heavy atom. The van der Waals surface area contributed by atoms with E-state index in [-0.39, 0.29) is 5.56 Å². The molecule has 0 saturated carbocycles. The van der Waals surface area contributed by atoms with E-state index >= 15 is 0 Å². The predicted octanol–water partition coefficient (Wildman–Crippen LogP) is 4.35. The van der Waals surface area contributed by atoms with Gasteiger partial charge in [0, 0.05) is 5.66 Å². The minimum absolute atomic E-state index is 0.265. The first-order valence-electron chi connectivity index (χ1n) is 4.35. The van der Waals surface area contributed by atoms with Crippen molar-refractivity contribution in [2.24, 2.45) is 0 Å². The fraction of sp³-hybridized carbons (Fsp3) is 0.400. The van der Waals surface area contributed by atoms with E-state index in [1.807, 2.05) is 0 Å². The molecule has 1 aromatic rings. The monoisotopic (exact) mass is 290 g/mol. The fourth-order valence-electron chi connectivity index (χ4n) is 1.74. The smallest absolute Gasteiger partial charge is 0.0132 e. The van der Waals surface area contributed by atoms with E-state index in [1.165, 1.54) is 19.0 Å². The lowest BCUT2D eigenvalue weighted by Gasteiger charge is -2.13. The minimum atomic E-state index is 0.265. The SMILES string of the molecule is IP1CCC[C@H]1c1ccccc1. The molecular weight excluding hydrogens is 278 g/mol. The van der Waals surface area contributed by atoms with Crippen molar-refractivity contribution in [3.63, 3.8) is 0 Å². The van der Waals surface area contributed by atoms with Gasteiger partial charge in [0.25, 0.3) is 0 Å². The predicted molar refractivity (Wildman–Crippen MR) is 64.2 cm³/mol. The van der Waals surface area contributed by atoms with Gasteiger partial charge in [0.15, 0.2) is 0 Å². The summed E-state index contributed by atoms with van der Waals surface area (Å²) in [4.78, 5) is 0. The second-order valence-corrected chi connectivity index (χ2v) is 8.78. The maximum atomic E-state index is 2.66. The first kappa shape index (κ1) is 8.96. The Morgan fingerprint density at radius 3 is 2.58 bits per heavy atom. The molecule has 0 amide bonds. The van der Waals surface area contributed by atoms with Crippen molar-refractivity contribution in [3.05, 3.63) is 35.9 Å². The van der Waals surface area contributed by atoms with Gasteiger partial charge in [-0.15, -0.1) is 0 Å². The van der Waals surface area contributed by atoms with Gasteiger partial charge in [0.05, 0.1) is 0 Å².